The van der Waals surface area contributed by atoms with Crippen LogP contribution in [0.3, 0.4) is 0 Å². The zero-order valence-electron chi connectivity index (χ0n) is 14.4. The van der Waals surface area contributed by atoms with Gasteiger partial charge < -0.3 is 15.1 Å². The summed E-state index contributed by atoms with van der Waals surface area (Å²) in [6, 6.07) is 10.1. The summed E-state index contributed by atoms with van der Waals surface area (Å²) in [6.07, 6.45) is 4.59. The maximum absolute atomic E-state index is 12.5. The van der Waals surface area contributed by atoms with Gasteiger partial charge in [-0.2, -0.15) is 0 Å². The molecule has 0 bridgehead atoms. The summed E-state index contributed by atoms with van der Waals surface area (Å²) in [5, 5.41) is 3.01. The highest BCUT2D eigenvalue weighted by molar-refractivity contribution is 5.89. The van der Waals surface area contributed by atoms with E-state index >= 15 is 0 Å². The Hall–Kier alpha value is -1.88. The largest absolute Gasteiger partial charge is 0.353 e. The van der Waals surface area contributed by atoms with Crippen LogP contribution in [0.2, 0.25) is 0 Å². The lowest BCUT2D eigenvalue weighted by Crippen LogP contribution is -2.47. The van der Waals surface area contributed by atoms with Gasteiger partial charge in [-0.3, -0.25) is 9.59 Å². The molecule has 1 aromatic rings. The fraction of sp³-hybridized carbons (Fsp3) is 0.579. The van der Waals surface area contributed by atoms with Crippen LogP contribution in [-0.2, 0) is 16.0 Å². The Labute approximate surface area is 144 Å². The van der Waals surface area contributed by atoms with Crippen molar-refractivity contribution in [1.29, 1.82) is 0 Å². The first-order chi connectivity index (χ1) is 11.6. The van der Waals surface area contributed by atoms with Gasteiger partial charge in [-0.15, -0.1) is 0 Å². The number of hydrogen-bond acceptors (Lipinski definition) is 3. The molecule has 130 valence electrons. The number of nitrogens with one attached hydrogen (secondary N) is 1. The number of carbonyl (C=O) groups is 2. The van der Waals surface area contributed by atoms with E-state index in [2.05, 4.69) is 17.3 Å². The highest BCUT2D eigenvalue weighted by Crippen LogP contribution is 2.24. The average Bonchev–Trinajstić information content (AvgIpc) is 3.32. The maximum atomic E-state index is 12.5. The lowest BCUT2D eigenvalue weighted by Gasteiger charge is -2.24. The highest BCUT2D eigenvalue weighted by atomic mass is 16.2. The molecule has 1 saturated heterocycles. The molecule has 0 spiro atoms. The molecular formula is C19H27N3O2. The monoisotopic (exact) mass is 329 g/mol. The summed E-state index contributed by atoms with van der Waals surface area (Å²) in [5.74, 6) is 0.0482. The van der Waals surface area contributed by atoms with E-state index in [1.807, 2.05) is 30.3 Å². The third-order valence-corrected chi connectivity index (χ3v) is 5.01. The van der Waals surface area contributed by atoms with Crippen molar-refractivity contribution in [3.63, 3.8) is 0 Å². The number of benzene rings is 1. The van der Waals surface area contributed by atoms with Crippen molar-refractivity contribution < 1.29 is 9.59 Å². The topological polar surface area (TPSA) is 52.7 Å². The van der Waals surface area contributed by atoms with Gasteiger partial charge in [0.15, 0.2) is 0 Å². The van der Waals surface area contributed by atoms with Gasteiger partial charge in [-0.05, 0) is 38.3 Å². The Kier molecular flexibility index (Phi) is 5.51. The third-order valence-electron chi connectivity index (χ3n) is 5.01. The van der Waals surface area contributed by atoms with E-state index in [1.165, 1.54) is 12.8 Å². The minimum absolute atomic E-state index is 0.00175. The lowest BCUT2D eigenvalue weighted by atomic mass is 10.1. The molecular weight excluding hydrogens is 302 g/mol. The van der Waals surface area contributed by atoms with E-state index < -0.39 is 0 Å². The Bertz CT molecular complexity index is 571. The summed E-state index contributed by atoms with van der Waals surface area (Å²) < 4.78 is 0. The zero-order chi connectivity index (χ0) is 16.9. The predicted octanol–water partition coefficient (Wildman–Crippen LogP) is 1.43. The number of likely N-dealkylation sites (N-methyl/N-ethyl adjacent to an activating group) is 1. The van der Waals surface area contributed by atoms with Crippen molar-refractivity contribution in [2.24, 2.45) is 0 Å². The van der Waals surface area contributed by atoms with E-state index in [0.29, 0.717) is 25.6 Å². The molecule has 5 nitrogen and oxygen atoms in total. The second kappa shape index (κ2) is 7.79. The van der Waals surface area contributed by atoms with Crippen molar-refractivity contribution in [2.75, 3.05) is 26.7 Å². The lowest BCUT2D eigenvalue weighted by molar-refractivity contribution is -0.138. The van der Waals surface area contributed by atoms with Crippen molar-refractivity contribution >= 4 is 11.8 Å². The summed E-state index contributed by atoms with van der Waals surface area (Å²) >= 11 is 0. The molecule has 1 atom stereocenters. The van der Waals surface area contributed by atoms with Crippen LogP contribution in [0.15, 0.2) is 30.3 Å². The van der Waals surface area contributed by atoms with Crippen LogP contribution in [0.4, 0.5) is 0 Å². The molecule has 2 fully saturated rings. The van der Waals surface area contributed by atoms with Gasteiger partial charge in [-0.1, -0.05) is 30.3 Å². The van der Waals surface area contributed by atoms with Crippen molar-refractivity contribution in [2.45, 2.75) is 44.2 Å². The highest BCUT2D eigenvalue weighted by Gasteiger charge is 2.34. The molecule has 1 heterocycles. The summed E-state index contributed by atoms with van der Waals surface area (Å²) in [6.45, 7) is 2.22. The Morgan fingerprint density at radius 2 is 1.96 bits per heavy atom. The van der Waals surface area contributed by atoms with E-state index in [1.54, 1.807) is 4.90 Å². The van der Waals surface area contributed by atoms with E-state index in [0.717, 1.165) is 24.9 Å². The van der Waals surface area contributed by atoms with Gasteiger partial charge in [0, 0.05) is 25.7 Å². The van der Waals surface area contributed by atoms with Crippen molar-refractivity contribution in [1.82, 2.24) is 15.1 Å². The summed E-state index contributed by atoms with van der Waals surface area (Å²) in [5.41, 5.74) is 1.000. The van der Waals surface area contributed by atoms with Crippen LogP contribution >= 0.6 is 0 Å². The van der Waals surface area contributed by atoms with Crippen LogP contribution in [0.25, 0.3) is 0 Å². The maximum Gasteiger partial charge on any atom is 0.242 e. The van der Waals surface area contributed by atoms with Crippen molar-refractivity contribution in [3.05, 3.63) is 35.9 Å². The molecule has 1 N–H and O–H groups in total. The SMILES string of the molecule is CN(CCNC(=O)C1CCCN1C(=O)Cc1ccccc1)C1CC1. The fourth-order valence-electron chi connectivity index (χ4n) is 3.38. The molecule has 1 aromatic carbocycles. The quantitative estimate of drug-likeness (QED) is 0.823. The molecule has 24 heavy (non-hydrogen) atoms. The van der Waals surface area contributed by atoms with E-state index in [-0.39, 0.29) is 17.9 Å². The number of likely N-dealkylation sites (tertiary alicyclic amines) is 1. The zero-order valence-corrected chi connectivity index (χ0v) is 14.4. The van der Waals surface area contributed by atoms with Gasteiger partial charge in [-0.25, -0.2) is 0 Å². The van der Waals surface area contributed by atoms with Crippen molar-refractivity contribution in [3.8, 4) is 0 Å². The molecule has 0 aromatic heterocycles. The minimum Gasteiger partial charge on any atom is -0.353 e. The smallest absolute Gasteiger partial charge is 0.242 e. The number of carbonyl (C=O) groups excluding carboxylic acids is 2. The molecule has 0 radical (unpaired) electrons. The fourth-order valence-corrected chi connectivity index (χ4v) is 3.38. The second-order valence-corrected chi connectivity index (χ2v) is 6.91. The first kappa shape index (κ1) is 17.0. The van der Waals surface area contributed by atoms with E-state index in [9.17, 15) is 9.59 Å². The molecule has 1 aliphatic carbocycles. The van der Waals surface area contributed by atoms with E-state index in [4.69, 9.17) is 0 Å². The Balaban J connectivity index is 1.48. The number of amides is 2. The predicted molar refractivity (Wildman–Crippen MR) is 93.5 cm³/mol. The molecule has 1 saturated carbocycles. The third kappa shape index (κ3) is 4.35. The Morgan fingerprint density at radius 3 is 2.67 bits per heavy atom. The normalized spacial score (nSPS) is 20.4. The second-order valence-electron chi connectivity index (χ2n) is 6.91. The van der Waals surface area contributed by atoms with Crippen LogP contribution < -0.4 is 5.32 Å². The van der Waals surface area contributed by atoms with Gasteiger partial charge in [0.1, 0.15) is 6.04 Å². The first-order valence-corrected chi connectivity index (χ1v) is 8.96. The van der Waals surface area contributed by atoms with Gasteiger partial charge in [0.25, 0.3) is 0 Å². The molecule has 2 amide bonds. The van der Waals surface area contributed by atoms with Gasteiger partial charge >= 0.3 is 0 Å². The number of nitrogens with zero attached hydrogens (tertiary/aromatic N) is 2. The van der Waals surface area contributed by atoms with Crippen LogP contribution in [0.5, 0.6) is 0 Å². The molecule has 5 heteroatoms. The molecule has 3 rings (SSSR count). The molecule has 1 unspecified atom stereocenters. The molecule has 1 aliphatic heterocycles. The Morgan fingerprint density at radius 1 is 1.21 bits per heavy atom. The first-order valence-electron chi connectivity index (χ1n) is 8.96. The summed E-state index contributed by atoms with van der Waals surface area (Å²) in [4.78, 5) is 29.1. The minimum atomic E-state index is -0.299. The van der Waals surface area contributed by atoms with Gasteiger partial charge in [0.2, 0.25) is 11.8 Å². The van der Waals surface area contributed by atoms with Gasteiger partial charge in [0.05, 0.1) is 6.42 Å². The van der Waals surface area contributed by atoms with Crippen LogP contribution in [0.1, 0.15) is 31.2 Å². The average molecular weight is 329 g/mol. The summed E-state index contributed by atoms with van der Waals surface area (Å²) in [7, 11) is 2.11. The van der Waals surface area contributed by atoms with Crippen LogP contribution in [0, 0.1) is 0 Å². The van der Waals surface area contributed by atoms with Crippen LogP contribution in [-0.4, -0.2) is 60.4 Å². The standard InChI is InChI=1S/C19H27N3O2/c1-21(16-9-10-16)13-11-20-19(24)17-8-5-12-22(17)18(23)14-15-6-3-2-4-7-15/h2-4,6-7,16-17H,5,8-14H2,1H3,(H,20,24). The number of rotatable bonds is 7. The molecule has 2 aliphatic rings. The number of hydrogen-bond donors (Lipinski definition) is 1.